The lowest BCUT2D eigenvalue weighted by atomic mass is 10.2. The number of hydrogen-bond donors (Lipinski definition) is 2. The Kier molecular flexibility index (Phi) is 3.46. The summed E-state index contributed by atoms with van der Waals surface area (Å²) < 4.78 is 0. The fraction of sp³-hybridized carbons (Fsp3) is 0.429. The SMILES string of the molecule is CN(CC1CCCN1)c1ncc(-c2cc[nH]c2)cn1. The predicted octanol–water partition coefficient (Wildman–Crippen LogP) is 1.66. The van der Waals surface area contributed by atoms with Crippen molar-refractivity contribution in [1.29, 1.82) is 0 Å². The van der Waals surface area contributed by atoms with Crippen LogP contribution in [0.2, 0.25) is 0 Å². The van der Waals surface area contributed by atoms with E-state index in [1.807, 2.05) is 37.9 Å². The molecule has 1 fully saturated rings. The Labute approximate surface area is 113 Å². The Bertz CT molecular complexity index is 499. The van der Waals surface area contributed by atoms with Crippen LogP contribution in [0.4, 0.5) is 5.95 Å². The number of aromatic nitrogens is 3. The minimum Gasteiger partial charge on any atom is -0.367 e. The molecule has 0 aliphatic carbocycles. The highest BCUT2D eigenvalue weighted by atomic mass is 15.2. The molecule has 5 heteroatoms. The van der Waals surface area contributed by atoms with Gasteiger partial charge in [0.25, 0.3) is 0 Å². The van der Waals surface area contributed by atoms with Crippen molar-refractivity contribution in [3.05, 3.63) is 30.9 Å². The van der Waals surface area contributed by atoms with Gasteiger partial charge in [-0.1, -0.05) is 0 Å². The summed E-state index contributed by atoms with van der Waals surface area (Å²) in [5.41, 5.74) is 2.16. The zero-order valence-corrected chi connectivity index (χ0v) is 11.1. The predicted molar refractivity (Wildman–Crippen MR) is 76.1 cm³/mol. The van der Waals surface area contributed by atoms with E-state index >= 15 is 0 Å². The van der Waals surface area contributed by atoms with E-state index in [2.05, 4.69) is 25.2 Å². The van der Waals surface area contributed by atoms with Crippen LogP contribution in [0.5, 0.6) is 0 Å². The first kappa shape index (κ1) is 12.2. The normalized spacial score (nSPS) is 18.7. The summed E-state index contributed by atoms with van der Waals surface area (Å²) in [6, 6.07) is 2.59. The standard InChI is InChI=1S/C14H19N5/c1-19(10-13-3-2-5-16-13)14-17-8-12(9-18-14)11-4-6-15-7-11/h4,6-9,13,15-16H,2-3,5,10H2,1H3. The molecule has 1 aliphatic heterocycles. The monoisotopic (exact) mass is 257 g/mol. The van der Waals surface area contributed by atoms with Crippen molar-refractivity contribution in [3.8, 4) is 11.1 Å². The van der Waals surface area contributed by atoms with Gasteiger partial charge in [0.05, 0.1) is 0 Å². The van der Waals surface area contributed by atoms with Crippen LogP contribution in [-0.2, 0) is 0 Å². The van der Waals surface area contributed by atoms with Gasteiger partial charge in [-0.15, -0.1) is 0 Å². The van der Waals surface area contributed by atoms with Gasteiger partial charge in [0.1, 0.15) is 0 Å². The van der Waals surface area contributed by atoms with Crippen molar-refractivity contribution in [2.45, 2.75) is 18.9 Å². The molecule has 0 amide bonds. The first-order valence-corrected chi connectivity index (χ1v) is 6.72. The number of likely N-dealkylation sites (N-methyl/N-ethyl adjacent to an activating group) is 1. The average Bonchev–Trinajstić information content (AvgIpc) is 3.12. The second-order valence-corrected chi connectivity index (χ2v) is 5.05. The molecule has 19 heavy (non-hydrogen) atoms. The number of rotatable bonds is 4. The lowest BCUT2D eigenvalue weighted by Gasteiger charge is -2.21. The van der Waals surface area contributed by atoms with Gasteiger partial charge in [0.15, 0.2) is 0 Å². The van der Waals surface area contributed by atoms with Gasteiger partial charge < -0.3 is 15.2 Å². The highest BCUT2D eigenvalue weighted by Crippen LogP contribution is 2.18. The summed E-state index contributed by atoms with van der Waals surface area (Å²) in [5.74, 6) is 0.785. The molecule has 2 N–H and O–H groups in total. The van der Waals surface area contributed by atoms with Gasteiger partial charge in [-0.3, -0.25) is 0 Å². The van der Waals surface area contributed by atoms with E-state index in [1.54, 1.807) is 0 Å². The number of hydrogen-bond acceptors (Lipinski definition) is 4. The molecule has 0 radical (unpaired) electrons. The van der Waals surface area contributed by atoms with E-state index in [9.17, 15) is 0 Å². The summed E-state index contributed by atoms with van der Waals surface area (Å²) in [6.45, 7) is 2.09. The van der Waals surface area contributed by atoms with Crippen molar-refractivity contribution in [3.63, 3.8) is 0 Å². The molecule has 1 atom stereocenters. The number of aromatic amines is 1. The van der Waals surface area contributed by atoms with Gasteiger partial charge in [-0.25, -0.2) is 9.97 Å². The molecular formula is C14H19N5. The second-order valence-electron chi connectivity index (χ2n) is 5.05. The van der Waals surface area contributed by atoms with Crippen LogP contribution in [-0.4, -0.2) is 41.1 Å². The molecule has 3 heterocycles. The molecule has 5 nitrogen and oxygen atoms in total. The van der Waals surface area contributed by atoms with E-state index in [4.69, 9.17) is 0 Å². The van der Waals surface area contributed by atoms with Crippen LogP contribution in [0.25, 0.3) is 11.1 Å². The van der Waals surface area contributed by atoms with E-state index in [0.717, 1.165) is 30.2 Å². The Hall–Kier alpha value is -1.88. The molecule has 0 spiro atoms. The summed E-state index contributed by atoms with van der Waals surface area (Å²) in [6.07, 6.45) is 10.1. The number of anilines is 1. The van der Waals surface area contributed by atoms with E-state index in [1.165, 1.54) is 12.8 Å². The molecule has 1 aliphatic rings. The molecule has 100 valence electrons. The largest absolute Gasteiger partial charge is 0.367 e. The van der Waals surface area contributed by atoms with E-state index in [-0.39, 0.29) is 0 Å². The molecule has 2 aromatic heterocycles. The summed E-state index contributed by atoms with van der Waals surface area (Å²) in [5, 5.41) is 3.49. The Balaban J connectivity index is 1.67. The first-order valence-electron chi connectivity index (χ1n) is 6.72. The van der Waals surface area contributed by atoms with Crippen molar-refractivity contribution < 1.29 is 0 Å². The maximum absolute atomic E-state index is 4.45. The molecule has 2 aromatic rings. The number of H-pyrrole nitrogens is 1. The first-order chi connectivity index (χ1) is 9.33. The zero-order chi connectivity index (χ0) is 13.1. The van der Waals surface area contributed by atoms with Gasteiger partial charge in [-0.05, 0) is 25.5 Å². The van der Waals surface area contributed by atoms with Gasteiger partial charge in [0, 0.05) is 55.5 Å². The number of nitrogens with zero attached hydrogens (tertiary/aromatic N) is 3. The quantitative estimate of drug-likeness (QED) is 0.874. The van der Waals surface area contributed by atoms with Crippen LogP contribution in [0.15, 0.2) is 30.9 Å². The van der Waals surface area contributed by atoms with E-state index in [0.29, 0.717) is 6.04 Å². The van der Waals surface area contributed by atoms with Crippen LogP contribution in [0.3, 0.4) is 0 Å². The molecule has 1 unspecified atom stereocenters. The fourth-order valence-corrected chi connectivity index (χ4v) is 2.50. The highest BCUT2D eigenvalue weighted by Gasteiger charge is 2.17. The zero-order valence-electron chi connectivity index (χ0n) is 11.1. The van der Waals surface area contributed by atoms with E-state index < -0.39 is 0 Å². The molecular weight excluding hydrogens is 238 g/mol. The van der Waals surface area contributed by atoms with Crippen molar-refractivity contribution >= 4 is 5.95 Å². The lowest BCUT2D eigenvalue weighted by molar-refractivity contribution is 0.594. The molecule has 3 rings (SSSR count). The van der Waals surface area contributed by atoms with Crippen LogP contribution in [0.1, 0.15) is 12.8 Å². The van der Waals surface area contributed by atoms with Crippen LogP contribution in [0, 0.1) is 0 Å². The topological polar surface area (TPSA) is 56.8 Å². The van der Waals surface area contributed by atoms with Gasteiger partial charge in [-0.2, -0.15) is 0 Å². The second kappa shape index (κ2) is 5.40. The highest BCUT2D eigenvalue weighted by molar-refractivity contribution is 5.60. The summed E-state index contributed by atoms with van der Waals surface area (Å²) >= 11 is 0. The average molecular weight is 257 g/mol. The molecule has 1 saturated heterocycles. The van der Waals surface area contributed by atoms with Crippen molar-refractivity contribution in [2.24, 2.45) is 0 Å². The Morgan fingerprint density at radius 3 is 2.79 bits per heavy atom. The third kappa shape index (κ3) is 2.76. The Morgan fingerprint density at radius 1 is 1.32 bits per heavy atom. The summed E-state index contributed by atoms with van der Waals surface area (Å²) in [7, 11) is 2.05. The minimum atomic E-state index is 0.568. The third-order valence-corrected chi connectivity index (χ3v) is 3.57. The third-order valence-electron chi connectivity index (χ3n) is 3.57. The minimum absolute atomic E-state index is 0.568. The smallest absolute Gasteiger partial charge is 0.225 e. The van der Waals surface area contributed by atoms with Gasteiger partial charge >= 0.3 is 0 Å². The fourth-order valence-electron chi connectivity index (χ4n) is 2.50. The molecule has 0 saturated carbocycles. The molecule has 0 aromatic carbocycles. The van der Waals surface area contributed by atoms with Crippen LogP contribution >= 0.6 is 0 Å². The maximum atomic E-state index is 4.45. The lowest BCUT2D eigenvalue weighted by Crippen LogP contribution is -2.36. The summed E-state index contributed by atoms with van der Waals surface area (Å²) in [4.78, 5) is 14.1. The van der Waals surface area contributed by atoms with Gasteiger partial charge in [0.2, 0.25) is 5.95 Å². The maximum Gasteiger partial charge on any atom is 0.225 e. The molecule has 0 bridgehead atoms. The number of nitrogens with one attached hydrogen (secondary N) is 2. The van der Waals surface area contributed by atoms with Crippen molar-refractivity contribution in [2.75, 3.05) is 25.0 Å². The van der Waals surface area contributed by atoms with Crippen molar-refractivity contribution in [1.82, 2.24) is 20.3 Å². The van der Waals surface area contributed by atoms with Crippen LogP contribution < -0.4 is 10.2 Å². The Morgan fingerprint density at radius 2 is 2.16 bits per heavy atom.